The minimum absolute atomic E-state index is 0. The van der Waals surface area contributed by atoms with Gasteiger partial charge in [0.2, 0.25) is 0 Å². The zero-order valence-electron chi connectivity index (χ0n) is 25.5. The van der Waals surface area contributed by atoms with Crippen molar-refractivity contribution in [2.75, 3.05) is 0 Å². The van der Waals surface area contributed by atoms with Crippen molar-refractivity contribution in [3.63, 3.8) is 0 Å². The summed E-state index contributed by atoms with van der Waals surface area (Å²) in [4.78, 5) is 53.1. The van der Waals surface area contributed by atoms with Gasteiger partial charge in [0, 0.05) is 37.2 Å². The topological polar surface area (TPSA) is 155 Å². The van der Waals surface area contributed by atoms with Crippen molar-refractivity contribution >= 4 is 0 Å². The summed E-state index contributed by atoms with van der Waals surface area (Å²) in [5, 5.41) is 0. The molecule has 0 amide bonds. The molecule has 8 heterocycles. The number of hydrogen-bond acceptors (Lipinski definition) is 12. The molecule has 0 aliphatic heterocycles. The summed E-state index contributed by atoms with van der Waals surface area (Å²) in [5.41, 5.74) is 4.05. The van der Waals surface area contributed by atoms with Crippen molar-refractivity contribution in [3.05, 3.63) is 146 Å². The van der Waals surface area contributed by atoms with Gasteiger partial charge in [-0.2, -0.15) is 0 Å². The molecule has 13 heteroatoms. The molecule has 0 aromatic carbocycles. The summed E-state index contributed by atoms with van der Waals surface area (Å²) in [7, 11) is 0. The van der Waals surface area contributed by atoms with E-state index < -0.39 is 0 Å². The largest absolute Gasteiger partial charge is 2.00 e. The molecule has 0 unspecified atom stereocenters. The molecule has 8 rings (SSSR count). The summed E-state index contributed by atoms with van der Waals surface area (Å²) < 4.78 is 0. The van der Waals surface area contributed by atoms with Crippen LogP contribution in [-0.2, 0) is 17.1 Å². The Labute approximate surface area is 291 Å². The van der Waals surface area contributed by atoms with Gasteiger partial charge in [0.25, 0.3) is 0 Å². The molecule has 0 saturated carbocycles. The molecule has 0 N–H and O–H groups in total. The first-order chi connectivity index (χ1) is 23.8. The summed E-state index contributed by atoms with van der Waals surface area (Å²) in [6.07, 6.45) is 10.3. The third-order valence-corrected chi connectivity index (χ3v) is 6.63. The fourth-order valence-corrected chi connectivity index (χ4v) is 4.41. The van der Waals surface area contributed by atoms with E-state index in [2.05, 4.69) is 59.8 Å². The minimum Gasteiger partial charge on any atom is -0.253 e. The van der Waals surface area contributed by atoms with Gasteiger partial charge in [-0.1, -0.05) is 36.4 Å². The van der Waals surface area contributed by atoms with Crippen molar-refractivity contribution < 1.29 is 17.1 Å². The van der Waals surface area contributed by atoms with E-state index in [1.165, 1.54) is 0 Å². The minimum atomic E-state index is 0. The third kappa shape index (κ3) is 8.06. The molecule has 0 saturated heterocycles. The van der Waals surface area contributed by atoms with Crippen LogP contribution in [0, 0.1) is 0 Å². The van der Waals surface area contributed by atoms with Gasteiger partial charge in [-0.3, -0.25) is 29.9 Å². The molecule has 8 aromatic rings. The van der Waals surface area contributed by atoms with E-state index >= 15 is 0 Å². The Balaban J connectivity index is 0.000000167. The average Bonchev–Trinajstić information content (AvgIpc) is 3.20. The summed E-state index contributed by atoms with van der Waals surface area (Å²) in [6.45, 7) is 0. The van der Waals surface area contributed by atoms with Crippen LogP contribution in [0.4, 0.5) is 0 Å². The normalized spacial score (nSPS) is 10.3. The number of hydrogen-bond donors (Lipinski definition) is 0. The fraction of sp³-hybridized carbons (Fsp3) is 0. The van der Waals surface area contributed by atoms with E-state index in [1.54, 1.807) is 37.2 Å². The summed E-state index contributed by atoms with van der Waals surface area (Å²) in [5.74, 6) is 2.96. The zero-order valence-corrected chi connectivity index (χ0v) is 26.5. The van der Waals surface area contributed by atoms with Crippen LogP contribution in [0.5, 0.6) is 0 Å². The Morgan fingerprint density at radius 2 is 0.388 bits per heavy atom. The second-order valence-electron chi connectivity index (χ2n) is 9.90. The molecule has 237 valence electrons. The molecule has 0 aliphatic carbocycles. The molecule has 49 heavy (non-hydrogen) atoms. The van der Waals surface area contributed by atoms with Crippen LogP contribution in [0.15, 0.2) is 146 Å². The Hall–Kier alpha value is -6.56. The van der Waals surface area contributed by atoms with Gasteiger partial charge in [-0.05, 0) is 72.8 Å². The van der Waals surface area contributed by atoms with Crippen LogP contribution >= 0.6 is 0 Å². The van der Waals surface area contributed by atoms with E-state index in [0.717, 1.165) is 0 Å². The zero-order chi connectivity index (χ0) is 32.4. The SMILES string of the molecule is [Cu+2].c1ccc(-c2nc(-c3ccccn3)nc(-c3ccccn3)n2)nc1.c1ccc(-c2nc(-c3ccccn3)nc(-c3ccccn3)n2)nc1. The van der Waals surface area contributed by atoms with Crippen LogP contribution in [0.3, 0.4) is 0 Å². The van der Waals surface area contributed by atoms with Gasteiger partial charge in [0.1, 0.15) is 34.2 Å². The average molecular weight is 688 g/mol. The van der Waals surface area contributed by atoms with Gasteiger partial charge in [-0.15, -0.1) is 0 Å². The molecule has 12 nitrogen and oxygen atoms in total. The predicted octanol–water partition coefficient (Wildman–Crippen LogP) is 6.11. The van der Waals surface area contributed by atoms with Crippen molar-refractivity contribution in [1.82, 2.24) is 59.8 Å². The molecule has 1 radical (unpaired) electrons. The van der Waals surface area contributed by atoms with Crippen molar-refractivity contribution in [2.24, 2.45) is 0 Å². The van der Waals surface area contributed by atoms with E-state index in [1.807, 2.05) is 109 Å². The molecule has 0 spiro atoms. The first kappa shape index (κ1) is 32.4. The van der Waals surface area contributed by atoms with Crippen LogP contribution in [0.2, 0.25) is 0 Å². The summed E-state index contributed by atoms with van der Waals surface area (Å²) >= 11 is 0. The van der Waals surface area contributed by atoms with Crippen LogP contribution in [-0.4, -0.2) is 59.8 Å². The number of pyridine rings is 6. The molecule has 0 atom stereocenters. The molecule has 0 aliphatic rings. The number of nitrogens with zero attached hydrogens (tertiary/aromatic N) is 12. The van der Waals surface area contributed by atoms with E-state index in [-0.39, 0.29) is 17.1 Å². The predicted molar refractivity (Wildman–Crippen MR) is 179 cm³/mol. The van der Waals surface area contributed by atoms with Gasteiger partial charge in [0.15, 0.2) is 34.9 Å². The van der Waals surface area contributed by atoms with Crippen molar-refractivity contribution in [2.45, 2.75) is 0 Å². The van der Waals surface area contributed by atoms with Crippen molar-refractivity contribution in [1.29, 1.82) is 0 Å². The Morgan fingerprint density at radius 3 is 0.510 bits per heavy atom. The Bertz CT molecular complexity index is 1780. The molecular formula is C36H24CuN12+2. The molecular weight excluding hydrogens is 664 g/mol. The van der Waals surface area contributed by atoms with E-state index in [9.17, 15) is 0 Å². The summed E-state index contributed by atoms with van der Waals surface area (Å²) in [6, 6.07) is 33.6. The quantitative estimate of drug-likeness (QED) is 0.185. The maximum absolute atomic E-state index is 4.52. The van der Waals surface area contributed by atoms with Gasteiger partial charge in [-0.25, -0.2) is 29.9 Å². The molecule has 0 fully saturated rings. The first-order valence-electron chi connectivity index (χ1n) is 14.8. The van der Waals surface area contributed by atoms with Gasteiger partial charge in [0.05, 0.1) is 0 Å². The monoisotopic (exact) mass is 687 g/mol. The van der Waals surface area contributed by atoms with Crippen LogP contribution in [0.1, 0.15) is 0 Å². The van der Waals surface area contributed by atoms with E-state index in [4.69, 9.17) is 0 Å². The van der Waals surface area contributed by atoms with Crippen LogP contribution < -0.4 is 0 Å². The van der Waals surface area contributed by atoms with Gasteiger partial charge < -0.3 is 0 Å². The Morgan fingerprint density at radius 1 is 0.224 bits per heavy atom. The maximum atomic E-state index is 4.52. The number of rotatable bonds is 6. The standard InChI is InChI=1S/2C18H12N6.Cu/c2*1-4-10-19-13(7-1)16-22-17(14-8-2-5-11-20-14)24-18(23-16)15-9-3-6-12-21-15;/h2*1-12H;/q;;+2. The van der Waals surface area contributed by atoms with Crippen molar-refractivity contribution in [3.8, 4) is 69.1 Å². The third-order valence-electron chi connectivity index (χ3n) is 6.63. The second-order valence-corrected chi connectivity index (χ2v) is 9.90. The van der Waals surface area contributed by atoms with Crippen LogP contribution in [0.25, 0.3) is 69.1 Å². The molecule has 0 bridgehead atoms. The number of aromatic nitrogens is 12. The maximum Gasteiger partial charge on any atom is 2.00 e. The molecule has 8 aromatic heterocycles. The second kappa shape index (κ2) is 15.8. The fourth-order valence-electron chi connectivity index (χ4n) is 4.41. The smallest absolute Gasteiger partial charge is 0.253 e. The van der Waals surface area contributed by atoms with E-state index in [0.29, 0.717) is 69.1 Å². The first-order valence-corrected chi connectivity index (χ1v) is 14.8. The van der Waals surface area contributed by atoms with Gasteiger partial charge >= 0.3 is 17.1 Å². The Kier molecular flexibility index (Phi) is 10.5.